The maximum Gasteiger partial charge on any atom is 0.262 e. The average molecular weight is 273 g/mol. The van der Waals surface area contributed by atoms with Crippen molar-refractivity contribution in [1.29, 1.82) is 0 Å². The number of nitrogens with zero attached hydrogens (tertiary/aromatic N) is 3. The fourth-order valence-electron chi connectivity index (χ4n) is 2.81. The maximum atomic E-state index is 12.3. The Kier molecular flexibility index (Phi) is 3.54. The van der Waals surface area contributed by atoms with Gasteiger partial charge in [-0.05, 0) is 18.7 Å². The monoisotopic (exact) mass is 273 g/mol. The molecule has 106 valence electrons. The van der Waals surface area contributed by atoms with Gasteiger partial charge in [-0.3, -0.25) is 19.4 Å². The number of hydrogen-bond donors (Lipinski definition) is 0. The van der Waals surface area contributed by atoms with Crippen molar-refractivity contribution in [2.45, 2.75) is 6.92 Å². The fraction of sp³-hybridized carbons (Fsp3) is 0.467. The summed E-state index contributed by atoms with van der Waals surface area (Å²) in [5.41, 5.74) is 1.06. The summed E-state index contributed by atoms with van der Waals surface area (Å²) in [7, 11) is 0. The molecule has 3 rings (SSSR count). The molecule has 0 radical (unpaired) electrons. The van der Waals surface area contributed by atoms with E-state index in [0.29, 0.717) is 17.8 Å². The lowest BCUT2D eigenvalue weighted by atomic mass is 10.1. The number of fused-ring (bicyclic) bond motifs is 1. The van der Waals surface area contributed by atoms with E-state index in [1.54, 1.807) is 24.3 Å². The molecule has 5 nitrogen and oxygen atoms in total. The Morgan fingerprint density at radius 3 is 1.90 bits per heavy atom. The van der Waals surface area contributed by atoms with E-state index in [1.165, 1.54) is 4.90 Å². The third-order valence-corrected chi connectivity index (χ3v) is 4.13. The van der Waals surface area contributed by atoms with Gasteiger partial charge in [0.15, 0.2) is 0 Å². The number of piperazine rings is 1. The highest BCUT2D eigenvalue weighted by molar-refractivity contribution is 6.21. The first-order valence-electron chi connectivity index (χ1n) is 7.10. The van der Waals surface area contributed by atoms with Crippen molar-refractivity contribution in [3.63, 3.8) is 0 Å². The number of benzene rings is 1. The van der Waals surface area contributed by atoms with Gasteiger partial charge in [0.2, 0.25) is 0 Å². The molecule has 20 heavy (non-hydrogen) atoms. The number of carbonyl (C=O) groups is 2. The zero-order chi connectivity index (χ0) is 14.1. The Hall–Kier alpha value is -1.72. The SMILES string of the molecule is CCN1CCN(CN2C(=O)c3ccccc3C2=O)CC1. The third kappa shape index (κ3) is 2.23. The Bertz CT molecular complexity index is 501. The molecule has 0 N–H and O–H groups in total. The first-order valence-corrected chi connectivity index (χ1v) is 7.10. The molecule has 1 aromatic carbocycles. The average Bonchev–Trinajstić information content (AvgIpc) is 2.74. The van der Waals surface area contributed by atoms with Gasteiger partial charge in [0, 0.05) is 26.2 Å². The molecule has 1 saturated heterocycles. The molecule has 0 spiro atoms. The zero-order valence-corrected chi connectivity index (χ0v) is 11.7. The predicted molar refractivity (Wildman–Crippen MR) is 75.5 cm³/mol. The first kappa shape index (κ1) is 13.3. The van der Waals surface area contributed by atoms with Crippen molar-refractivity contribution >= 4 is 11.8 Å². The number of likely N-dealkylation sites (N-methyl/N-ethyl adjacent to an activating group) is 1. The molecular weight excluding hydrogens is 254 g/mol. The smallest absolute Gasteiger partial charge is 0.262 e. The zero-order valence-electron chi connectivity index (χ0n) is 11.7. The standard InChI is InChI=1S/C15H19N3O2/c1-2-16-7-9-17(10-8-16)11-18-14(19)12-5-3-4-6-13(12)15(18)20/h3-6H,2,7-11H2,1H3. The van der Waals surface area contributed by atoms with Crippen molar-refractivity contribution in [2.24, 2.45) is 0 Å². The van der Waals surface area contributed by atoms with Crippen LogP contribution in [0, 0.1) is 0 Å². The third-order valence-electron chi connectivity index (χ3n) is 4.13. The topological polar surface area (TPSA) is 43.9 Å². The molecular formula is C15H19N3O2. The maximum absolute atomic E-state index is 12.3. The number of hydrogen-bond acceptors (Lipinski definition) is 4. The van der Waals surface area contributed by atoms with E-state index in [-0.39, 0.29) is 11.8 Å². The molecule has 0 aromatic heterocycles. The second-order valence-corrected chi connectivity index (χ2v) is 5.28. The highest BCUT2D eigenvalue weighted by Gasteiger charge is 2.36. The normalized spacial score (nSPS) is 20.6. The van der Waals surface area contributed by atoms with Gasteiger partial charge in [0.25, 0.3) is 11.8 Å². The summed E-state index contributed by atoms with van der Waals surface area (Å²) in [4.78, 5) is 30.5. The minimum atomic E-state index is -0.163. The molecule has 2 aliphatic heterocycles. The Balaban J connectivity index is 1.68. The van der Waals surface area contributed by atoms with Crippen LogP contribution in [0.2, 0.25) is 0 Å². The lowest BCUT2D eigenvalue weighted by molar-refractivity contribution is 0.0459. The van der Waals surface area contributed by atoms with E-state index < -0.39 is 0 Å². The summed E-state index contributed by atoms with van der Waals surface area (Å²) in [5, 5.41) is 0. The van der Waals surface area contributed by atoms with E-state index in [4.69, 9.17) is 0 Å². The minimum absolute atomic E-state index is 0.163. The lowest BCUT2D eigenvalue weighted by Gasteiger charge is -2.35. The number of imide groups is 1. The number of amides is 2. The van der Waals surface area contributed by atoms with Gasteiger partial charge in [-0.2, -0.15) is 0 Å². The van der Waals surface area contributed by atoms with E-state index in [2.05, 4.69) is 16.7 Å². The van der Waals surface area contributed by atoms with Gasteiger partial charge in [-0.1, -0.05) is 19.1 Å². The van der Waals surface area contributed by atoms with Crippen LogP contribution in [-0.4, -0.2) is 65.9 Å². The van der Waals surface area contributed by atoms with Gasteiger partial charge < -0.3 is 4.90 Å². The van der Waals surface area contributed by atoms with Gasteiger partial charge in [-0.25, -0.2) is 0 Å². The molecule has 2 heterocycles. The Morgan fingerprint density at radius 2 is 1.40 bits per heavy atom. The fourth-order valence-corrected chi connectivity index (χ4v) is 2.81. The van der Waals surface area contributed by atoms with Gasteiger partial charge in [0.05, 0.1) is 17.8 Å². The van der Waals surface area contributed by atoms with Crippen LogP contribution in [0.15, 0.2) is 24.3 Å². The summed E-state index contributed by atoms with van der Waals surface area (Å²) in [5.74, 6) is -0.327. The molecule has 2 amide bonds. The lowest BCUT2D eigenvalue weighted by Crippen LogP contribution is -2.50. The van der Waals surface area contributed by atoms with Crippen molar-refractivity contribution in [2.75, 3.05) is 39.4 Å². The van der Waals surface area contributed by atoms with E-state index in [9.17, 15) is 9.59 Å². The largest absolute Gasteiger partial charge is 0.301 e. The molecule has 1 aromatic rings. The molecule has 0 saturated carbocycles. The summed E-state index contributed by atoms with van der Waals surface area (Å²) in [6.07, 6.45) is 0. The molecule has 0 unspecified atom stereocenters. The van der Waals surface area contributed by atoms with Crippen molar-refractivity contribution in [3.8, 4) is 0 Å². The van der Waals surface area contributed by atoms with Crippen LogP contribution in [0.5, 0.6) is 0 Å². The van der Waals surface area contributed by atoms with Crippen molar-refractivity contribution in [3.05, 3.63) is 35.4 Å². The quantitative estimate of drug-likeness (QED) is 0.767. The molecule has 0 aliphatic carbocycles. The Labute approximate surface area is 118 Å². The van der Waals surface area contributed by atoms with Crippen LogP contribution in [0.1, 0.15) is 27.6 Å². The first-order chi connectivity index (χ1) is 9.70. The molecule has 0 bridgehead atoms. The summed E-state index contributed by atoms with van der Waals surface area (Å²) in [6.45, 7) is 7.42. The van der Waals surface area contributed by atoms with Crippen LogP contribution in [0.25, 0.3) is 0 Å². The van der Waals surface area contributed by atoms with E-state index in [0.717, 1.165) is 32.7 Å². The van der Waals surface area contributed by atoms with Crippen LogP contribution >= 0.6 is 0 Å². The van der Waals surface area contributed by atoms with Crippen LogP contribution in [0.4, 0.5) is 0 Å². The predicted octanol–water partition coefficient (Wildman–Crippen LogP) is 0.878. The number of rotatable bonds is 3. The summed E-state index contributed by atoms with van der Waals surface area (Å²) in [6, 6.07) is 7.05. The van der Waals surface area contributed by atoms with Gasteiger partial charge in [-0.15, -0.1) is 0 Å². The highest BCUT2D eigenvalue weighted by Crippen LogP contribution is 2.22. The van der Waals surface area contributed by atoms with Gasteiger partial charge >= 0.3 is 0 Å². The summed E-state index contributed by atoms with van der Waals surface area (Å²) >= 11 is 0. The molecule has 5 heteroatoms. The van der Waals surface area contributed by atoms with Crippen LogP contribution in [-0.2, 0) is 0 Å². The van der Waals surface area contributed by atoms with Gasteiger partial charge in [0.1, 0.15) is 0 Å². The van der Waals surface area contributed by atoms with Crippen molar-refractivity contribution in [1.82, 2.24) is 14.7 Å². The van der Waals surface area contributed by atoms with E-state index >= 15 is 0 Å². The van der Waals surface area contributed by atoms with Crippen LogP contribution < -0.4 is 0 Å². The molecule has 1 fully saturated rings. The second kappa shape index (κ2) is 5.34. The summed E-state index contributed by atoms with van der Waals surface area (Å²) < 4.78 is 0. The van der Waals surface area contributed by atoms with Crippen LogP contribution in [0.3, 0.4) is 0 Å². The second-order valence-electron chi connectivity index (χ2n) is 5.28. The Morgan fingerprint density at radius 1 is 0.900 bits per heavy atom. The van der Waals surface area contributed by atoms with E-state index in [1.807, 2.05) is 0 Å². The number of carbonyl (C=O) groups excluding carboxylic acids is 2. The highest BCUT2D eigenvalue weighted by atomic mass is 16.2. The molecule has 2 aliphatic rings. The van der Waals surface area contributed by atoms with Crippen molar-refractivity contribution < 1.29 is 9.59 Å². The minimum Gasteiger partial charge on any atom is -0.301 e. The molecule has 0 atom stereocenters.